The standard InChI is InChI=1S/C28H35N5O3/c1-28(2,3)16-23-25-21(15-22(18-9-10-18)31-27(25)36-32-23)26(35)30-20-11-13-33(14-12-20)17-24(34)29-19-7-5-4-6-8-19/h4-8,15,18,20H,9-14,16-17H2,1-3H3,(H,29,34)(H,30,35). The van der Waals surface area contributed by atoms with Crippen molar-refractivity contribution in [2.24, 2.45) is 5.41 Å². The van der Waals surface area contributed by atoms with Crippen LogP contribution < -0.4 is 10.6 Å². The molecule has 2 aliphatic rings. The highest BCUT2D eigenvalue weighted by Crippen LogP contribution is 2.41. The molecule has 2 amide bonds. The van der Waals surface area contributed by atoms with Crippen LogP contribution in [0.5, 0.6) is 0 Å². The van der Waals surface area contributed by atoms with Crippen LogP contribution in [-0.4, -0.2) is 52.5 Å². The van der Waals surface area contributed by atoms with Gasteiger partial charge in [0.25, 0.3) is 11.6 Å². The van der Waals surface area contributed by atoms with Gasteiger partial charge in [0.2, 0.25) is 5.91 Å². The van der Waals surface area contributed by atoms with Crippen LogP contribution in [0.2, 0.25) is 0 Å². The van der Waals surface area contributed by atoms with Crippen LogP contribution in [0.4, 0.5) is 5.69 Å². The van der Waals surface area contributed by atoms with E-state index in [1.54, 1.807) is 0 Å². The number of piperidine rings is 1. The maximum absolute atomic E-state index is 13.5. The summed E-state index contributed by atoms with van der Waals surface area (Å²) in [5.74, 6) is 0.291. The molecular weight excluding hydrogens is 454 g/mol. The number of likely N-dealkylation sites (tertiary alicyclic amines) is 1. The predicted octanol–water partition coefficient (Wildman–Crippen LogP) is 4.52. The van der Waals surface area contributed by atoms with Crippen LogP contribution in [0.15, 0.2) is 40.9 Å². The molecule has 8 nitrogen and oxygen atoms in total. The number of carbonyl (C=O) groups is 2. The molecule has 1 saturated carbocycles. The third-order valence-corrected chi connectivity index (χ3v) is 6.82. The first-order valence-electron chi connectivity index (χ1n) is 12.9. The Morgan fingerprint density at radius 3 is 2.47 bits per heavy atom. The van der Waals surface area contributed by atoms with Gasteiger partial charge in [0.1, 0.15) is 0 Å². The number of hydrogen-bond acceptors (Lipinski definition) is 6. The van der Waals surface area contributed by atoms with E-state index >= 15 is 0 Å². The van der Waals surface area contributed by atoms with Crippen molar-refractivity contribution in [3.63, 3.8) is 0 Å². The lowest BCUT2D eigenvalue weighted by atomic mass is 9.89. The SMILES string of the molecule is CC(C)(C)Cc1noc2nc(C3CC3)cc(C(=O)NC3CCN(CC(=O)Nc4ccccc4)CC3)c12. The number of aromatic nitrogens is 2. The minimum absolute atomic E-state index is 0.00629. The first-order chi connectivity index (χ1) is 17.2. The zero-order valence-electron chi connectivity index (χ0n) is 21.3. The van der Waals surface area contributed by atoms with E-state index in [0.29, 0.717) is 30.2 Å². The number of para-hydroxylation sites is 1. The molecule has 0 radical (unpaired) electrons. The van der Waals surface area contributed by atoms with Crippen LogP contribution in [-0.2, 0) is 11.2 Å². The number of hydrogen-bond donors (Lipinski definition) is 2. The van der Waals surface area contributed by atoms with E-state index in [-0.39, 0.29) is 23.3 Å². The predicted molar refractivity (Wildman–Crippen MR) is 139 cm³/mol. The molecule has 2 fully saturated rings. The summed E-state index contributed by atoms with van der Waals surface area (Å²) >= 11 is 0. The average Bonchev–Trinajstić information content (AvgIpc) is 3.61. The molecule has 190 valence electrons. The average molecular weight is 490 g/mol. The van der Waals surface area contributed by atoms with E-state index in [9.17, 15) is 9.59 Å². The van der Waals surface area contributed by atoms with Crippen molar-refractivity contribution in [2.45, 2.75) is 64.8 Å². The van der Waals surface area contributed by atoms with E-state index < -0.39 is 0 Å². The van der Waals surface area contributed by atoms with E-state index in [1.165, 1.54) is 0 Å². The van der Waals surface area contributed by atoms with Gasteiger partial charge < -0.3 is 15.2 Å². The molecule has 3 heterocycles. The molecule has 0 spiro atoms. The van der Waals surface area contributed by atoms with Gasteiger partial charge in [-0.05, 0) is 55.7 Å². The fourth-order valence-electron chi connectivity index (χ4n) is 4.84. The summed E-state index contributed by atoms with van der Waals surface area (Å²) in [4.78, 5) is 32.7. The fourth-order valence-corrected chi connectivity index (χ4v) is 4.84. The minimum Gasteiger partial charge on any atom is -0.349 e. The van der Waals surface area contributed by atoms with Crippen molar-refractivity contribution in [3.8, 4) is 0 Å². The number of pyridine rings is 1. The highest BCUT2D eigenvalue weighted by molar-refractivity contribution is 6.06. The minimum atomic E-state index is -0.0945. The molecule has 8 heteroatoms. The van der Waals surface area contributed by atoms with Crippen molar-refractivity contribution in [3.05, 3.63) is 53.3 Å². The first-order valence-corrected chi connectivity index (χ1v) is 12.9. The van der Waals surface area contributed by atoms with Crippen molar-refractivity contribution >= 4 is 28.6 Å². The summed E-state index contributed by atoms with van der Waals surface area (Å²) in [7, 11) is 0. The van der Waals surface area contributed by atoms with Crippen LogP contribution in [0.25, 0.3) is 11.1 Å². The maximum Gasteiger partial charge on any atom is 0.259 e. The molecule has 36 heavy (non-hydrogen) atoms. The van der Waals surface area contributed by atoms with E-state index in [1.807, 2.05) is 36.4 Å². The summed E-state index contributed by atoms with van der Waals surface area (Å²) in [6, 6.07) is 11.5. The molecule has 1 aliphatic carbocycles. The number of nitrogens with one attached hydrogen (secondary N) is 2. The summed E-state index contributed by atoms with van der Waals surface area (Å²) in [6.07, 6.45) is 4.49. The molecule has 2 N–H and O–H groups in total. The summed E-state index contributed by atoms with van der Waals surface area (Å²) in [5, 5.41) is 11.2. The van der Waals surface area contributed by atoms with Gasteiger partial charge in [-0.3, -0.25) is 14.5 Å². The van der Waals surface area contributed by atoms with Crippen molar-refractivity contribution in [1.82, 2.24) is 20.4 Å². The van der Waals surface area contributed by atoms with Crippen LogP contribution in [0.3, 0.4) is 0 Å². The Bertz CT molecular complexity index is 1240. The Hall–Kier alpha value is -3.26. The monoisotopic (exact) mass is 489 g/mol. The van der Waals surface area contributed by atoms with Gasteiger partial charge in [0.15, 0.2) is 0 Å². The van der Waals surface area contributed by atoms with Crippen LogP contribution >= 0.6 is 0 Å². The maximum atomic E-state index is 13.5. The molecule has 5 rings (SSSR count). The fraction of sp³-hybridized carbons (Fsp3) is 0.500. The Kier molecular flexibility index (Phi) is 6.79. The van der Waals surface area contributed by atoms with Crippen molar-refractivity contribution in [1.29, 1.82) is 0 Å². The van der Waals surface area contributed by atoms with Gasteiger partial charge in [-0.1, -0.05) is 44.1 Å². The second-order valence-corrected chi connectivity index (χ2v) is 11.4. The van der Waals surface area contributed by atoms with Crippen molar-refractivity contribution in [2.75, 3.05) is 25.0 Å². The van der Waals surface area contributed by atoms with E-state index in [0.717, 1.165) is 61.2 Å². The lowest BCUT2D eigenvalue weighted by molar-refractivity contribution is -0.117. The highest BCUT2D eigenvalue weighted by Gasteiger charge is 2.31. The lowest BCUT2D eigenvalue weighted by Crippen LogP contribution is -2.46. The molecule has 1 aromatic carbocycles. The van der Waals surface area contributed by atoms with E-state index in [2.05, 4.69) is 41.5 Å². The normalized spacial score (nSPS) is 17.3. The van der Waals surface area contributed by atoms with Crippen LogP contribution in [0, 0.1) is 5.41 Å². The quantitative estimate of drug-likeness (QED) is 0.506. The molecule has 0 atom stereocenters. The number of rotatable bonds is 7. The Morgan fingerprint density at radius 1 is 1.08 bits per heavy atom. The third kappa shape index (κ3) is 5.93. The second-order valence-electron chi connectivity index (χ2n) is 11.4. The summed E-state index contributed by atoms with van der Waals surface area (Å²) in [6.45, 7) is 8.30. The first kappa shape index (κ1) is 24.4. The summed E-state index contributed by atoms with van der Waals surface area (Å²) < 4.78 is 5.60. The zero-order chi connectivity index (χ0) is 25.3. The molecule has 1 saturated heterocycles. The Morgan fingerprint density at radius 2 is 1.81 bits per heavy atom. The van der Waals surface area contributed by atoms with Gasteiger partial charge in [-0.2, -0.15) is 0 Å². The van der Waals surface area contributed by atoms with Gasteiger partial charge >= 0.3 is 0 Å². The van der Waals surface area contributed by atoms with Crippen molar-refractivity contribution < 1.29 is 14.1 Å². The molecular formula is C28H35N5O3. The third-order valence-electron chi connectivity index (χ3n) is 6.82. The van der Waals surface area contributed by atoms with Gasteiger partial charge in [0.05, 0.1) is 23.2 Å². The van der Waals surface area contributed by atoms with Gasteiger partial charge in [0, 0.05) is 36.4 Å². The Balaban J connectivity index is 1.23. The van der Waals surface area contributed by atoms with Gasteiger partial charge in [-0.25, -0.2) is 4.98 Å². The number of nitrogens with zero attached hydrogens (tertiary/aromatic N) is 3. The topological polar surface area (TPSA) is 100 Å². The molecule has 0 unspecified atom stereocenters. The number of carbonyl (C=O) groups excluding carboxylic acids is 2. The molecule has 2 aromatic heterocycles. The Labute approximate surface area is 211 Å². The second kappa shape index (κ2) is 10.0. The molecule has 1 aliphatic heterocycles. The van der Waals surface area contributed by atoms with Gasteiger partial charge in [-0.15, -0.1) is 0 Å². The number of anilines is 1. The molecule has 0 bridgehead atoms. The largest absolute Gasteiger partial charge is 0.349 e. The van der Waals surface area contributed by atoms with E-state index in [4.69, 9.17) is 9.51 Å². The number of amides is 2. The molecule has 3 aromatic rings. The number of benzene rings is 1. The smallest absolute Gasteiger partial charge is 0.259 e. The van der Waals surface area contributed by atoms with Crippen LogP contribution in [0.1, 0.15) is 74.1 Å². The summed E-state index contributed by atoms with van der Waals surface area (Å²) in [5.41, 5.74) is 3.60. The highest BCUT2D eigenvalue weighted by atomic mass is 16.5. The lowest BCUT2D eigenvalue weighted by Gasteiger charge is -2.32. The zero-order valence-corrected chi connectivity index (χ0v) is 21.3. The number of fused-ring (bicyclic) bond motifs is 1.